The van der Waals surface area contributed by atoms with Crippen molar-refractivity contribution in [3.63, 3.8) is 0 Å². The molecule has 0 unspecified atom stereocenters. The van der Waals surface area contributed by atoms with Gasteiger partial charge in [0.05, 0.1) is 9.40 Å². The van der Waals surface area contributed by atoms with Crippen molar-refractivity contribution in [2.24, 2.45) is 0 Å². The fourth-order valence-electron chi connectivity index (χ4n) is 1.74. The number of halogens is 1. The van der Waals surface area contributed by atoms with E-state index in [1.807, 2.05) is 31.2 Å². The van der Waals surface area contributed by atoms with Gasteiger partial charge in [0.1, 0.15) is 0 Å². The second kappa shape index (κ2) is 6.28. The zero-order valence-corrected chi connectivity index (χ0v) is 13.2. The van der Waals surface area contributed by atoms with Crippen LogP contribution >= 0.6 is 27.7 Å². The summed E-state index contributed by atoms with van der Waals surface area (Å²) in [5.74, 6) is 0.621. The fourth-order valence-corrected chi connectivity index (χ4v) is 3.53. The van der Waals surface area contributed by atoms with Gasteiger partial charge in [-0.25, -0.2) is 0 Å². The molecule has 2 aromatic carbocycles. The van der Waals surface area contributed by atoms with E-state index in [0.29, 0.717) is 10.2 Å². The van der Waals surface area contributed by atoms with Crippen LogP contribution in [0.5, 0.6) is 0 Å². The number of nitro benzene ring substituents is 1. The van der Waals surface area contributed by atoms with Gasteiger partial charge in [-0.1, -0.05) is 18.2 Å². The first kappa shape index (κ1) is 14.9. The molecule has 2 aromatic rings. The minimum absolute atomic E-state index is 0.0836. The van der Waals surface area contributed by atoms with E-state index in [-0.39, 0.29) is 10.6 Å². The van der Waals surface area contributed by atoms with Gasteiger partial charge in [-0.15, -0.1) is 11.8 Å². The Morgan fingerprint density at radius 2 is 2.10 bits per heavy atom. The Morgan fingerprint density at radius 3 is 2.80 bits per heavy atom. The highest BCUT2D eigenvalue weighted by Crippen LogP contribution is 2.34. The van der Waals surface area contributed by atoms with Crippen LogP contribution in [-0.4, -0.2) is 4.92 Å². The number of rotatable bonds is 4. The molecule has 0 amide bonds. The van der Waals surface area contributed by atoms with E-state index in [1.165, 1.54) is 6.07 Å². The lowest BCUT2D eigenvalue weighted by Gasteiger charge is -2.08. The van der Waals surface area contributed by atoms with E-state index in [0.717, 1.165) is 21.7 Å². The number of aryl methyl sites for hydroxylation is 1. The first-order valence-electron chi connectivity index (χ1n) is 5.89. The summed E-state index contributed by atoms with van der Waals surface area (Å²) < 4.78 is 0.531. The van der Waals surface area contributed by atoms with Crippen molar-refractivity contribution in [1.82, 2.24) is 0 Å². The molecule has 0 saturated heterocycles. The lowest BCUT2D eigenvalue weighted by atomic mass is 10.2. The fraction of sp³-hybridized carbons (Fsp3) is 0.143. The van der Waals surface area contributed by atoms with Crippen LogP contribution in [0.2, 0.25) is 0 Å². The molecule has 0 aliphatic rings. The van der Waals surface area contributed by atoms with Crippen molar-refractivity contribution in [3.8, 4) is 0 Å². The van der Waals surface area contributed by atoms with Crippen LogP contribution in [0.3, 0.4) is 0 Å². The summed E-state index contributed by atoms with van der Waals surface area (Å²) in [5.41, 5.74) is 8.76. The maximum Gasteiger partial charge on any atom is 0.283 e. The maximum absolute atomic E-state index is 10.9. The standard InChI is InChI=1S/C14H13BrN2O2S/c1-9-5-6-11(16)13(7-9)20-8-10-3-2-4-12(14(10)15)17(18)19/h2-7H,8,16H2,1H3. The minimum atomic E-state index is -0.390. The molecule has 0 bridgehead atoms. The van der Waals surface area contributed by atoms with Gasteiger partial charge in [-0.05, 0) is 46.1 Å². The van der Waals surface area contributed by atoms with Crippen LogP contribution < -0.4 is 5.73 Å². The molecule has 0 fully saturated rings. The van der Waals surface area contributed by atoms with Crippen molar-refractivity contribution >= 4 is 39.1 Å². The van der Waals surface area contributed by atoms with Gasteiger partial charge in [0.25, 0.3) is 5.69 Å². The number of nitrogen functional groups attached to an aromatic ring is 1. The van der Waals surface area contributed by atoms with Crippen LogP contribution in [0.25, 0.3) is 0 Å². The lowest BCUT2D eigenvalue weighted by Crippen LogP contribution is -1.93. The Bertz CT molecular complexity index is 662. The van der Waals surface area contributed by atoms with E-state index >= 15 is 0 Å². The Hall–Kier alpha value is -1.53. The first-order valence-corrected chi connectivity index (χ1v) is 7.67. The predicted octanol–water partition coefficient (Wildman–Crippen LogP) is 4.54. The number of thioether (sulfide) groups is 1. The predicted molar refractivity (Wildman–Crippen MR) is 85.9 cm³/mol. The summed E-state index contributed by atoms with van der Waals surface area (Å²) in [6.45, 7) is 2.01. The third kappa shape index (κ3) is 3.32. The third-order valence-electron chi connectivity index (χ3n) is 2.81. The van der Waals surface area contributed by atoms with E-state index in [2.05, 4.69) is 15.9 Å². The van der Waals surface area contributed by atoms with Crippen LogP contribution in [0.15, 0.2) is 45.8 Å². The van der Waals surface area contributed by atoms with Gasteiger partial charge in [0.15, 0.2) is 0 Å². The van der Waals surface area contributed by atoms with Gasteiger partial charge < -0.3 is 5.73 Å². The molecular weight excluding hydrogens is 340 g/mol. The van der Waals surface area contributed by atoms with Gasteiger partial charge >= 0.3 is 0 Å². The molecule has 0 aliphatic carbocycles. The van der Waals surface area contributed by atoms with Gasteiger partial charge in [-0.3, -0.25) is 10.1 Å². The topological polar surface area (TPSA) is 69.2 Å². The number of benzene rings is 2. The van der Waals surface area contributed by atoms with Gasteiger partial charge in [-0.2, -0.15) is 0 Å². The average Bonchev–Trinajstić information content (AvgIpc) is 2.41. The van der Waals surface area contributed by atoms with Crippen LogP contribution in [0, 0.1) is 17.0 Å². The number of nitrogens with zero attached hydrogens (tertiary/aromatic N) is 1. The Morgan fingerprint density at radius 1 is 1.35 bits per heavy atom. The molecule has 0 aromatic heterocycles. The zero-order valence-electron chi connectivity index (χ0n) is 10.8. The van der Waals surface area contributed by atoms with Crippen LogP contribution in [0.1, 0.15) is 11.1 Å². The van der Waals surface area contributed by atoms with E-state index in [9.17, 15) is 10.1 Å². The highest BCUT2D eigenvalue weighted by molar-refractivity contribution is 9.10. The normalized spacial score (nSPS) is 10.5. The van der Waals surface area contributed by atoms with Crippen LogP contribution in [0.4, 0.5) is 11.4 Å². The second-order valence-electron chi connectivity index (χ2n) is 4.34. The van der Waals surface area contributed by atoms with Gasteiger partial charge in [0.2, 0.25) is 0 Å². The number of nitrogens with two attached hydrogens (primary N) is 1. The molecule has 0 heterocycles. The highest BCUT2D eigenvalue weighted by atomic mass is 79.9. The molecule has 0 spiro atoms. The largest absolute Gasteiger partial charge is 0.398 e. The molecule has 2 rings (SSSR count). The molecule has 2 N–H and O–H groups in total. The summed E-state index contributed by atoms with van der Waals surface area (Å²) in [4.78, 5) is 11.5. The summed E-state index contributed by atoms with van der Waals surface area (Å²) >= 11 is 4.87. The molecule has 0 atom stereocenters. The van der Waals surface area contributed by atoms with E-state index in [1.54, 1.807) is 17.8 Å². The zero-order chi connectivity index (χ0) is 14.7. The molecule has 6 heteroatoms. The highest BCUT2D eigenvalue weighted by Gasteiger charge is 2.15. The summed E-state index contributed by atoms with van der Waals surface area (Å²) in [5, 5.41) is 10.9. The number of hydrogen-bond acceptors (Lipinski definition) is 4. The number of nitro groups is 1. The number of hydrogen-bond donors (Lipinski definition) is 1. The lowest BCUT2D eigenvalue weighted by molar-refractivity contribution is -0.385. The molecule has 20 heavy (non-hydrogen) atoms. The molecule has 4 nitrogen and oxygen atoms in total. The van der Waals surface area contributed by atoms with Gasteiger partial charge in [0, 0.05) is 22.4 Å². The van der Waals surface area contributed by atoms with Crippen molar-refractivity contribution in [2.45, 2.75) is 17.6 Å². The van der Waals surface area contributed by atoms with Crippen molar-refractivity contribution in [3.05, 3.63) is 62.1 Å². The Balaban J connectivity index is 2.21. The molecule has 0 radical (unpaired) electrons. The van der Waals surface area contributed by atoms with E-state index < -0.39 is 0 Å². The number of anilines is 1. The summed E-state index contributed by atoms with van der Waals surface area (Å²) in [6, 6.07) is 10.9. The van der Waals surface area contributed by atoms with E-state index in [4.69, 9.17) is 5.73 Å². The van der Waals surface area contributed by atoms with Crippen molar-refractivity contribution < 1.29 is 4.92 Å². The summed E-state index contributed by atoms with van der Waals surface area (Å²) in [6.07, 6.45) is 0. The first-order chi connectivity index (χ1) is 9.49. The summed E-state index contributed by atoms with van der Waals surface area (Å²) in [7, 11) is 0. The quantitative estimate of drug-likeness (QED) is 0.379. The monoisotopic (exact) mass is 352 g/mol. The molecule has 0 aliphatic heterocycles. The smallest absolute Gasteiger partial charge is 0.283 e. The molecule has 0 saturated carbocycles. The van der Waals surface area contributed by atoms with Crippen molar-refractivity contribution in [1.29, 1.82) is 0 Å². The van der Waals surface area contributed by atoms with Crippen molar-refractivity contribution in [2.75, 3.05) is 5.73 Å². The molecule has 104 valence electrons. The maximum atomic E-state index is 10.9. The average molecular weight is 353 g/mol. The second-order valence-corrected chi connectivity index (χ2v) is 6.15. The minimum Gasteiger partial charge on any atom is -0.398 e. The third-order valence-corrected chi connectivity index (χ3v) is 4.84. The van der Waals surface area contributed by atoms with Crippen LogP contribution in [-0.2, 0) is 5.75 Å². The Kier molecular flexibility index (Phi) is 4.67. The molecular formula is C14H13BrN2O2S. The SMILES string of the molecule is Cc1ccc(N)c(SCc2cccc([N+](=O)[O-])c2Br)c1. The Labute approximate surface area is 129 Å².